The first-order valence-electron chi connectivity index (χ1n) is 6.79. The third-order valence-corrected chi connectivity index (χ3v) is 3.61. The van der Waals surface area contributed by atoms with Crippen molar-refractivity contribution in [2.75, 3.05) is 20.2 Å². The van der Waals surface area contributed by atoms with Crippen LogP contribution in [-0.2, 0) is 13.0 Å². The van der Waals surface area contributed by atoms with Gasteiger partial charge in [-0.1, -0.05) is 19.1 Å². The molecule has 1 aromatic rings. The van der Waals surface area contributed by atoms with Crippen molar-refractivity contribution in [2.45, 2.75) is 38.8 Å². The van der Waals surface area contributed by atoms with Gasteiger partial charge in [-0.2, -0.15) is 0 Å². The number of aryl methyl sites for hydroxylation is 1. The summed E-state index contributed by atoms with van der Waals surface area (Å²) in [4.78, 5) is 2.33. The van der Waals surface area contributed by atoms with Gasteiger partial charge < -0.3 is 9.84 Å². The second kappa shape index (κ2) is 6.21. The van der Waals surface area contributed by atoms with Crippen LogP contribution >= 0.6 is 0 Å². The fourth-order valence-corrected chi connectivity index (χ4v) is 2.64. The van der Waals surface area contributed by atoms with Gasteiger partial charge >= 0.3 is 0 Å². The van der Waals surface area contributed by atoms with Crippen LogP contribution < -0.4 is 4.74 Å². The predicted octanol–water partition coefficient (Wildman–Crippen LogP) is 2.21. The largest absolute Gasteiger partial charge is 0.496 e. The molecule has 1 atom stereocenters. The average Bonchev–Trinajstić information content (AvgIpc) is 2.38. The lowest BCUT2D eigenvalue weighted by atomic mass is 10.0. The monoisotopic (exact) mass is 249 g/mol. The highest BCUT2D eigenvalue weighted by Crippen LogP contribution is 2.22. The van der Waals surface area contributed by atoms with Crippen molar-refractivity contribution in [1.29, 1.82) is 0 Å². The van der Waals surface area contributed by atoms with E-state index in [1.54, 1.807) is 7.11 Å². The van der Waals surface area contributed by atoms with Gasteiger partial charge in [-0.25, -0.2) is 0 Å². The number of rotatable bonds is 4. The lowest BCUT2D eigenvalue weighted by molar-refractivity contribution is 0.0668. The van der Waals surface area contributed by atoms with Crippen LogP contribution in [0.3, 0.4) is 0 Å². The van der Waals surface area contributed by atoms with Crippen molar-refractivity contribution in [3.63, 3.8) is 0 Å². The molecule has 0 bridgehead atoms. The SMILES string of the molecule is CCc1cc(CN2CCCC(O)C2)ccc1OC. The van der Waals surface area contributed by atoms with Gasteiger partial charge in [-0.05, 0) is 43.0 Å². The molecule has 1 saturated heterocycles. The molecule has 0 radical (unpaired) electrons. The number of methoxy groups -OCH3 is 1. The zero-order valence-corrected chi connectivity index (χ0v) is 11.4. The number of nitrogens with zero attached hydrogens (tertiary/aromatic N) is 1. The van der Waals surface area contributed by atoms with Gasteiger partial charge in [0.15, 0.2) is 0 Å². The first-order chi connectivity index (χ1) is 8.72. The molecule has 3 nitrogen and oxygen atoms in total. The Balaban J connectivity index is 2.04. The Labute approximate surface area is 109 Å². The van der Waals surface area contributed by atoms with Crippen LogP contribution in [0.2, 0.25) is 0 Å². The molecule has 1 aromatic carbocycles. The Morgan fingerprint density at radius 2 is 2.28 bits per heavy atom. The number of β-amino-alcohol motifs (C(OH)–C–C–N with tert-alkyl or cyclic N) is 1. The summed E-state index contributed by atoms with van der Waals surface area (Å²) in [6.07, 6.45) is 2.87. The van der Waals surface area contributed by atoms with Gasteiger partial charge in [0, 0.05) is 13.1 Å². The van der Waals surface area contributed by atoms with Gasteiger partial charge in [0.1, 0.15) is 5.75 Å². The summed E-state index contributed by atoms with van der Waals surface area (Å²) >= 11 is 0. The van der Waals surface area contributed by atoms with Gasteiger partial charge in [0.05, 0.1) is 13.2 Å². The van der Waals surface area contributed by atoms with Crippen LogP contribution in [0, 0.1) is 0 Å². The number of hydrogen-bond acceptors (Lipinski definition) is 3. The van der Waals surface area contributed by atoms with E-state index in [4.69, 9.17) is 4.74 Å². The molecule has 2 rings (SSSR count). The Morgan fingerprint density at radius 1 is 1.44 bits per heavy atom. The molecule has 1 fully saturated rings. The number of likely N-dealkylation sites (tertiary alicyclic amines) is 1. The molecular formula is C15H23NO2. The van der Waals surface area contributed by atoms with Gasteiger partial charge in [0.25, 0.3) is 0 Å². The van der Waals surface area contributed by atoms with E-state index in [1.807, 2.05) is 0 Å². The summed E-state index contributed by atoms with van der Waals surface area (Å²) < 4.78 is 5.34. The molecule has 0 aliphatic carbocycles. The standard InChI is InChI=1S/C15H23NO2/c1-3-13-9-12(6-7-15(13)18-2)10-16-8-4-5-14(17)11-16/h6-7,9,14,17H,3-5,8,10-11H2,1-2H3. The Bertz CT molecular complexity index is 392. The first kappa shape index (κ1) is 13.4. The maximum Gasteiger partial charge on any atom is 0.122 e. The van der Waals surface area contributed by atoms with Crippen molar-refractivity contribution in [3.8, 4) is 5.75 Å². The van der Waals surface area contributed by atoms with E-state index in [1.165, 1.54) is 11.1 Å². The lowest BCUT2D eigenvalue weighted by Gasteiger charge is -2.30. The maximum absolute atomic E-state index is 9.68. The molecule has 1 aliphatic rings. The normalized spacial score (nSPS) is 20.9. The summed E-state index contributed by atoms with van der Waals surface area (Å²) in [5, 5.41) is 9.68. The highest BCUT2D eigenvalue weighted by atomic mass is 16.5. The van der Waals surface area contributed by atoms with Crippen molar-refractivity contribution >= 4 is 0 Å². The molecule has 1 heterocycles. The van der Waals surface area contributed by atoms with E-state index < -0.39 is 0 Å². The zero-order chi connectivity index (χ0) is 13.0. The molecular weight excluding hydrogens is 226 g/mol. The smallest absolute Gasteiger partial charge is 0.122 e. The Morgan fingerprint density at radius 3 is 2.94 bits per heavy atom. The van der Waals surface area contributed by atoms with Crippen LogP contribution in [0.4, 0.5) is 0 Å². The summed E-state index contributed by atoms with van der Waals surface area (Å²) in [6.45, 7) is 4.96. The molecule has 0 amide bonds. The predicted molar refractivity (Wildman–Crippen MR) is 72.9 cm³/mol. The third kappa shape index (κ3) is 3.24. The van der Waals surface area contributed by atoms with Crippen LogP contribution in [0.1, 0.15) is 30.9 Å². The van der Waals surface area contributed by atoms with Crippen LogP contribution in [0.15, 0.2) is 18.2 Å². The maximum atomic E-state index is 9.68. The summed E-state index contributed by atoms with van der Waals surface area (Å²) in [7, 11) is 1.72. The van der Waals surface area contributed by atoms with E-state index in [-0.39, 0.29) is 6.10 Å². The molecule has 18 heavy (non-hydrogen) atoms. The van der Waals surface area contributed by atoms with E-state index in [9.17, 15) is 5.11 Å². The Hall–Kier alpha value is -1.06. The minimum absolute atomic E-state index is 0.150. The number of benzene rings is 1. The van der Waals surface area contributed by atoms with Crippen molar-refractivity contribution in [1.82, 2.24) is 4.90 Å². The highest BCUT2D eigenvalue weighted by molar-refractivity contribution is 5.37. The van der Waals surface area contributed by atoms with Crippen molar-refractivity contribution < 1.29 is 9.84 Å². The summed E-state index contributed by atoms with van der Waals surface area (Å²) in [5.41, 5.74) is 2.56. The van der Waals surface area contributed by atoms with Gasteiger partial charge in [0.2, 0.25) is 0 Å². The van der Waals surface area contributed by atoms with E-state index in [0.717, 1.165) is 44.6 Å². The molecule has 0 spiro atoms. The van der Waals surface area contributed by atoms with Crippen molar-refractivity contribution in [3.05, 3.63) is 29.3 Å². The third-order valence-electron chi connectivity index (χ3n) is 3.61. The van der Waals surface area contributed by atoms with Crippen LogP contribution in [-0.4, -0.2) is 36.3 Å². The lowest BCUT2D eigenvalue weighted by Crippen LogP contribution is -2.37. The summed E-state index contributed by atoms with van der Waals surface area (Å²) in [5.74, 6) is 0.972. The minimum Gasteiger partial charge on any atom is -0.496 e. The van der Waals surface area contributed by atoms with E-state index >= 15 is 0 Å². The second-order valence-electron chi connectivity index (χ2n) is 5.03. The number of ether oxygens (including phenoxy) is 1. The number of hydrogen-bond donors (Lipinski definition) is 1. The highest BCUT2D eigenvalue weighted by Gasteiger charge is 2.17. The number of aliphatic hydroxyl groups excluding tert-OH is 1. The number of aliphatic hydroxyl groups is 1. The van der Waals surface area contributed by atoms with Gasteiger partial charge in [-0.15, -0.1) is 0 Å². The molecule has 0 aromatic heterocycles. The zero-order valence-electron chi connectivity index (χ0n) is 11.4. The van der Waals surface area contributed by atoms with Crippen LogP contribution in [0.25, 0.3) is 0 Å². The molecule has 3 heteroatoms. The first-order valence-corrected chi connectivity index (χ1v) is 6.79. The molecule has 1 unspecified atom stereocenters. The van der Waals surface area contributed by atoms with Crippen molar-refractivity contribution in [2.24, 2.45) is 0 Å². The fraction of sp³-hybridized carbons (Fsp3) is 0.600. The molecule has 100 valence electrons. The van der Waals surface area contributed by atoms with E-state index in [2.05, 4.69) is 30.0 Å². The van der Waals surface area contributed by atoms with E-state index in [0.29, 0.717) is 0 Å². The Kier molecular flexibility index (Phi) is 4.61. The molecule has 1 aliphatic heterocycles. The average molecular weight is 249 g/mol. The second-order valence-corrected chi connectivity index (χ2v) is 5.03. The quantitative estimate of drug-likeness (QED) is 0.888. The molecule has 1 N–H and O–H groups in total. The molecule has 0 saturated carbocycles. The fourth-order valence-electron chi connectivity index (χ4n) is 2.64. The topological polar surface area (TPSA) is 32.7 Å². The number of piperidine rings is 1. The minimum atomic E-state index is -0.150. The summed E-state index contributed by atoms with van der Waals surface area (Å²) in [6, 6.07) is 6.40. The van der Waals surface area contributed by atoms with Crippen LogP contribution in [0.5, 0.6) is 5.75 Å². The van der Waals surface area contributed by atoms with Gasteiger partial charge in [-0.3, -0.25) is 4.90 Å².